The molecule has 0 aromatic heterocycles. The topological polar surface area (TPSA) is 73.9 Å². The van der Waals surface area contributed by atoms with E-state index in [2.05, 4.69) is 13.3 Å². The van der Waals surface area contributed by atoms with Crippen molar-refractivity contribution in [2.75, 3.05) is 11.5 Å². The fourth-order valence-electron chi connectivity index (χ4n) is 0.631. The molecule has 0 N–H and O–H groups in total. The van der Waals surface area contributed by atoms with E-state index in [9.17, 15) is 8.42 Å². The van der Waals surface area contributed by atoms with Gasteiger partial charge in [0.1, 0.15) is 0 Å². The van der Waals surface area contributed by atoms with Crippen molar-refractivity contribution < 1.29 is 34.8 Å². The monoisotopic (exact) mass is 282 g/mol. The van der Waals surface area contributed by atoms with E-state index in [1.165, 1.54) is 0 Å². The molecule has 0 bridgehead atoms. The summed E-state index contributed by atoms with van der Waals surface area (Å²) in [5.41, 5.74) is 0. The van der Waals surface area contributed by atoms with Gasteiger partial charge in [0.2, 0.25) is 0 Å². The van der Waals surface area contributed by atoms with E-state index in [0.717, 1.165) is 0 Å². The molecule has 2 rings (SSSR count). The Kier molecular flexibility index (Phi) is 18.5. The SMILES string of the molecule is O=S1(=O)C[CH-]C1.[C-]#[O+].[C-]#[O+].[Fe].c1cc[cH-]c1. The molecule has 0 spiro atoms. The Morgan fingerprint density at radius 3 is 1.38 bits per heavy atom. The van der Waals surface area contributed by atoms with Crippen LogP contribution in [0.15, 0.2) is 30.3 Å². The maximum Gasteiger partial charge on any atom is 0 e. The van der Waals surface area contributed by atoms with Crippen molar-refractivity contribution in [3.63, 3.8) is 0 Å². The van der Waals surface area contributed by atoms with E-state index >= 15 is 0 Å². The molecule has 1 heterocycles. The summed E-state index contributed by atoms with van der Waals surface area (Å²) in [5, 5.41) is 0. The Balaban J connectivity index is -0.000000156. The summed E-state index contributed by atoms with van der Waals surface area (Å²) in [4.78, 5) is 0. The van der Waals surface area contributed by atoms with E-state index < -0.39 is 9.84 Å². The predicted octanol–water partition coefficient (Wildman–Crippen LogP) is 0.947. The fourth-order valence-corrected chi connectivity index (χ4v) is 1.25. The largest absolute Gasteiger partial charge is 0.214 e. The van der Waals surface area contributed by atoms with Gasteiger partial charge in [-0.15, -0.1) is 0 Å². The van der Waals surface area contributed by atoms with Crippen LogP contribution in [0.2, 0.25) is 0 Å². The molecule has 1 aliphatic rings. The zero-order chi connectivity index (χ0) is 12.2. The second-order valence-electron chi connectivity index (χ2n) is 2.33. The van der Waals surface area contributed by atoms with Gasteiger partial charge in [0.05, 0.1) is 9.84 Å². The Hall–Kier alpha value is -0.701. The quantitative estimate of drug-likeness (QED) is 0.403. The van der Waals surface area contributed by atoms with Crippen molar-refractivity contribution in [2.45, 2.75) is 0 Å². The molecule has 0 saturated carbocycles. The Labute approximate surface area is 106 Å². The molecule has 0 radical (unpaired) electrons. The number of hydrogen-bond donors (Lipinski definition) is 0. The summed E-state index contributed by atoms with van der Waals surface area (Å²) < 4.78 is 35.1. The first-order valence-electron chi connectivity index (χ1n) is 3.80. The van der Waals surface area contributed by atoms with Gasteiger partial charge in [0.25, 0.3) is 0 Å². The summed E-state index contributed by atoms with van der Waals surface area (Å²) in [6.07, 6.45) is 1.75. The van der Waals surface area contributed by atoms with Crippen molar-refractivity contribution in [1.82, 2.24) is 0 Å². The van der Waals surface area contributed by atoms with Crippen LogP contribution in [0.3, 0.4) is 0 Å². The molecule has 0 atom stereocenters. The third-order valence-corrected chi connectivity index (χ3v) is 2.79. The maximum absolute atomic E-state index is 10.1. The summed E-state index contributed by atoms with van der Waals surface area (Å²) in [6.45, 7) is 9.00. The summed E-state index contributed by atoms with van der Waals surface area (Å²) >= 11 is 0. The molecule has 0 amide bonds. The maximum atomic E-state index is 10.1. The second kappa shape index (κ2) is 14.3. The molecule has 1 aromatic rings. The van der Waals surface area contributed by atoms with Gasteiger partial charge >= 0.3 is 22.6 Å². The predicted molar refractivity (Wildman–Crippen MR) is 52.8 cm³/mol. The van der Waals surface area contributed by atoms with Crippen molar-refractivity contribution >= 4 is 9.84 Å². The first-order valence-corrected chi connectivity index (χ1v) is 5.62. The van der Waals surface area contributed by atoms with Crippen LogP contribution in [0.25, 0.3) is 0 Å². The van der Waals surface area contributed by atoms with Crippen LogP contribution >= 0.6 is 0 Å². The van der Waals surface area contributed by atoms with Crippen LogP contribution in [0, 0.1) is 19.7 Å². The van der Waals surface area contributed by atoms with Gasteiger partial charge < -0.3 is 0 Å². The van der Waals surface area contributed by atoms with Crippen molar-refractivity contribution in [1.29, 1.82) is 0 Å². The zero-order valence-corrected chi connectivity index (χ0v) is 10.2. The van der Waals surface area contributed by atoms with Crippen molar-refractivity contribution in [3.05, 3.63) is 50.1 Å². The van der Waals surface area contributed by atoms with Gasteiger partial charge in [-0.1, -0.05) is 11.5 Å². The van der Waals surface area contributed by atoms with E-state index in [-0.39, 0.29) is 17.1 Å². The molecular formula is C10H10FeO4S-2. The summed E-state index contributed by atoms with van der Waals surface area (Å²) in [5.74, 6) is 0.597. The van der Waals surface area contributed by atoms with Crippen LogP contribution in [0.5, 0.6) is 0 Å². The van der Waals surface area contributed by atoms with Gasteiger partial charge in [0, 0.05) is 17.1 Å². The van der Waals surface area contributed by atoms with E-state index in [1.54, 1.807) is 6.42 Å². The molecule has 1 saturated heterocycles. The standard InChI is InChI=1S/C5H5.C3H5O2S.2CO.Fe/c1-2-4-5-3-1;4-6(5)2-1-3-6;2*1-2;/h1-5H;1H,2-3H2;;;/q2*-1;;;. The fraction of sp³-hybridized carbons (Fsp3) is 0.200. The zero-order valence-electron chi connectivity index (χ0n) is 8.27. The van der Waals surface area contributed by atoms with Crippen LogP contribution < -0.4 is 0 Å². The van der Waals surface area contributed by atoms with Gasteiger partial charge in [-0.05, 0) is 0 Å². The van der Waals surface area contributed by atoms with Crippen molar-refractivity contribution in [2.24, 2.45) is 0 Å². The van der Waals surface area contributed by atoms with E-state index in [0.29, 0.717) is 11.5 Å². The van der Waals surface area contributed by atoms with E-state index in [1.807, 2.05) is 30.3 Å². The number of hydrogen-bond acceptors (Lipinski definition) is 2. The minimum atomic E-state index is -2.54. The molecule has 16 heavy (non-hydrogen) atoms. The van der Waals surface area contributed by atoms with Gasteiger partial charge in [-0.25, -0.2) is 20.6 Å². The van der Waals surface area contributed by atoms with Gasteiger partial charge in [-0.3, -0.25) is 6.42 Å². The second-order valence-corrected chi connectivity index (χ2v) is 4.48. The Morgan fingerprint density at radius 1 is 1.00 bits per heavy atom. The van der Waals surface area contributed by atoms with Crippen LogP contribution in [-0.4, -0.2) is 19.9 Å². The minimum absolute atomic E-state index is 0. The molecule has 1 aliphatic heterocycles. The van der Waals surface area contributed by atoms with Gasteiger partial charge in [0.15, 0.2) is 0 Å². The van der Waals surface area contributed by atoms with Crippen molar-refractivity contribution in [3.8, 4) is 0 Å². The first-order chi connectivity index (χ1) is 7.21. The minimum Gasteiger partial charge on any atom is -0.214 e. The number of rotatable bonds is 0. The Morgan fingerprint density at radius 2 is 1.31 bits per heavy atom. The molecule has 0 aliphatic carbocycles. The van der Waals surface area contributed by atoms with E-state index in [4.69, 9.17) is 9.30 Å². The normalized spacial score (nSPS) is 13.5. The van der Waals surface area contributed by atoms with Crippen LogP contribution in [-0.2, 0) is 36.2 Å². The molecule has 6 heteroatoms. The molecule has 0 unspecified atom stereocenters. The third kappa shape index (κ3) is 13.3. The first kappa shape index (κ1) is 20.7. The smallest absolute Gasteiger partial charge is 0 e. The third-order valence-electron chi connectivity index (χ3n) is 1.30. The average molecular weight is 282 g/mol. The molecule has 1 fully saturated rings. The Bertz CT molecular complexity index is 317. The summed E-state index contributed by atoms with van der Waals surface area (Å²) in [7, 11) is -2.54. The van der Waals surface area contributed by atoms with Gasteiger partial charge in [-0.2, -0.15) is 18.2 Å². The van der Waals surface area contributed by atoms with Crippen LogP contribution in [0.4, 0.5) is 0 Å². The summed E-state index contributed by atoms with van der Waals surface area (Å²) in [6, 6.07) is 10.0. The molecule has 90 valence electrons. The average Bonchev–Trinajstić information content (AvgIpc) is 2.80. The number of sulfone groups is 1. The van der Waals surface area contributed by atoms with Crippen LogP contribution in [0.1, 0.15) is 0 Å². The molecule has 4 nitrogen and oxygen atoms in total. The molecular weight excluding hydrogens is 272 g/mol. The molecule has 1 aromatic carbocycles.